The summed E-state index contributed by atoms with van der Waals surface area (Å²) in [5.41, 5.74) is 0.412. The number of nitrogens with zero attached hydrogens (tertiary/aromatic N) is 2. The van der Waals surface area contributed by atoms with Crippen molar-refractivity contribution in [2.24, 2.45) is 0 Å². The van der Waals surface area contributed by atoms with Crippen molar-refractivity contribution in [3.05, 3.63) is 29.0 Å². The van der Waals surface area contributed by atoms with Gasteiger partial charge in [0.1, 0.15) is 5.76 Å². The molecule has 1 aliphatic rings. The molecule has 2 aromatic rings. The summed E-state index contributed by atoms with van der Waals surface area (Å²) in [6.45, 7) is 5.66. The number of aryl methyl sites for hydroxylation is 1. The molecule has 1 unspecified atom stereocenters. The maximum atomic E-state index is 12.6. The highest BCUT2D eigenvalue weighted by Crippen LogP contribution is 2.26. The zero-order valence-corrected chi connectivity index (χ0v) is 13.0. The second-order valence-electron chi connectivity index (χ2n) is 5.05. The molecule has 0 saturated carbocycles. The van der Waals surface area contributed by atoms with Crippen molar-refractivity contribution >= 4 is 17.2 Å². The Morgan fingerprint density at radius 1 is 1.57 bits per heavy atom. The van der Waals surface area contributed by atoms with E-state index in [1.54, 1.807) is 23.2 Å². The second kappa shape index (κ2) is 5.99. The van der Waals surface area contributed by atoms with E-state index in [0.717, 1.165) is 11.3 Å². The van der Waals surface area contributed by atoms with E-state index in [1.165, 1.54) is 0 Å². The minimum absolute atomic E-state index is 0.0687. The molecule has 0 N–H and O–H groups in total. The number of rotatable bonds is 3. The lowest BCUT2D eigenvalue weighted by Crippen LogP contribution is -2.45. The number of hydrogen-bond acceptors (Lipinski definition) is 5. The maximum Gasteiger partial charge on any atom is 0.276 e. The molecule has 3 rings (SSSR count). The van der Waals surface area contributed by atoms with Crippen LogP contribution >= 0.6 is 11.3 Å². The Labute approximate surface area is 127 Å². The molecular formula is C15H18N2O3S. The van der Waals surface area contributed by atoms with Gasteiger partial charge in [0, 0.05) is 13.1 Å². The molecule has 1 amide bonds. The summed E-state index contributed by atoms with van der Waals surface area (Å²) in [5.74, 6) is 1.02. The molecular weight excluding hydrogens is 288 g/mol. The average molecular weight is 306 g/mol. The number of hydrogen-bond donors (Lipinski definition) is 0. The summed E-state index contributed by atoms with van der Waals surface area (Å²) in [4.78, 5) is 19.7. The zero-order chi connectivity index (χ0) is 14.8. The molecule has 21 heavy (non-hydrogen) atoms. The van der Waals surface area contributed by atoms with Gasteiger partial charge in [0.05, 0.1) is 17.6 Å². The topological polar surface area (TPSA) is 55.6 Å². The van der Waals surface area contributed by atoms with Crippen LogP contribution in [0.4, 0.5) is 0 Å². The summed E-state index contributed by atoms with van der Waals surface area (Å²) in [6.07, 6.45) is 1.02. The summed E-state index contributed by atoms with van der Waals surface area (Å²) in [5, 5.41) is 1.96. The number of oxazole rings is 1. The fourth-order valence-corrected chi connectivity index (χ4v) is 3.05. The van der Waals surface area contributed by atoms with E-state index in [1.807, 2.05) is 17.5 Å². The van der Waals surface area contributed by atoms with E-state index in [4.69, 9.17) is 9.15 Å². The Balaban J connectivity index is 1.81. The molecule has 5 nitrogen and oxygen atoms in total. The van der Waals surface area contributed by atoms with Gasteiger partial charge in [-0.15, -0.1) is 11.3 Å². The first-order chi connectivity index (χ1) is 10.2. The summed E-state index contributed by atoms with van der Waals surface area (Å²) < 4.78 is 11.2. The van der Waals surface area contributed by atoms with Crippen LogP contribution in [0.3, 0.4) is 0 Å². The van der Waals surface area contributed by atoms with E-state index >= 15 is 0 Å². The molecule has 0 aromatic carbocycles. The van der Waals surface area contributed by atoms with E-state index in [-0.39, 0.29) is 12.0 Å². The van der Waals surface area contributed by atoms with Crippen molar-refractivity contribution in [3.8, 4) is 10.8 Å². The Hall–Kier alpha value is -1.66. The monoisotopic (exact) mass is 306 g/mol. The third kappa shape index (κ3) is 2.87. The molecule has 0 radical (unpaired) electrons. The fourth-order valence-electron chi connectivity index (χ4n) is 2.40. The van der Waals surface area contributed by atoms with Gasteiger partial charge in [0.15, 0.2) is 5.69 Å². The molecule has 1 aliphatic heterocycles. The molecule has 1 fully saturated rings. The number of aromatic nitrogens is 1. The second-order valence-corrected chi connectivity index (χ2v) is 6.00. The number of morpholine rings is 1. The van der Waals surface area contributed by atoms with Crippen LogP contribution in [0.2, 0.25) is 0 Å². The summed E-state index contributed by atoms with van der Waals surface area (Å²) in [6, 6.07) is 3.88. The van der Waals surface area contributed by atoms with Crippen molar-refractivity contribution in [1.82, 2.24) is 9.88 Å². The molecule has 2 aromatic heterocycles. The molecule has 0 aliphatic carbocycles. The van der Waals surface area contributed by atoms with Crippen molar-refractivity contribution in [2.45, 2.75) is 26.4 Å². The first-order valence-corrected chi connectivity index (χ1v) is 7.99. The Morgan fingerprint density at radius 3 is 3.14 bits per heavy atom. The molecule has 0 spiro atoms. The lowest BCUT2D eigenvalue weighted by Gasteiger charge is -2.32. The minimum Gasteiger partial charge on any atom is -0.440 e. The molecule has 0 bridgehead atoms. The van der Waals surface area contributed by atoms with E-state index < -0.39 is 0 Å². The average Bonchev–Trinajstić information content (AvgIpc) is 3.16. The van der Waals surface area contributed by atoms with Gasteiger partial charge >= 0.3 is 0 Å². The maximum absolute atomic E-state index is 12.6. The molecule has 1 atom stereocenters. The van der Waals surface area contributed by atoms with Crippen molar-refractivity contribution in [2.75, 3.05) is 19.7 Å². The van der Waals surface area contributed by atoms with Crippen LogP contribution in [0.5, 0.6) is 0 Å². The lowest BCUT2D eigenvalue weighted by atomic mass is 10.2. The van der Waals surface area contributed by atoms with Gasteiger partial charge in [-0.2, -0.15) is 0 Å². The number of ether oxygens (including phenoxy) is 1. The van der Waals surface area contributed by atoms with Crippen molar-refractivity contribution in [3.63, 3.8) is 0 Å². The fraction of sp³-hybridized carbons (Fsp3) is 0.467. The van der Waals surface area contributed by atoms with Gasteiger partial charge < -0.3 is 14.1 Å². The largest absolute Gasteiger partial charge is 0.440 e. The third-order valence-corrected chi connectivity index (χ3v) is 4.47. The molecule has 6 heteroatoms. The Kier molecular flexibility index (Phi) is 4.07. The van der Waals surface area contributed by atoms with Crippen molar-refractivity contribution < 1.29 is 13.9 Å². The van der Waals surface area contributed by atoms with E-state index in [9.17, 15) is 4.79 Å². The number of thiophene rings is 1. The number of carbonyl (C=O) groups is 1. The van der Waals surface area contributed by atoms with Crippen LogP contribution in [-0.4, -0.2) is 41.6 Å². The van der Waals surface area contributed by atoms with Crippen molar-refractivity contribution in [1.29, 1.82) is 0 Å². The first-order valence-electron chi connectivity index (χ1n) is 7.11. The quantitative estimate of drug-likeness (QED) is 0.875. The Bertz CT molecular complexity index is 621. The predicted molar refractivity (Wildman–Crippen MR) is 80.5 cm³/mol. The van der Waals surface area contributed by atoms with Gasteiger partial charge in [-0.1, -0.05) is 13.0 Å². The van der Waals surface area contributed by atoms with Gasteiger partial charge in [0.2, 0.25) is 5.89 Å². The van der Waals surface area contributed by atoms with E-state index in [2.05, 4.69) is 11.9 Å². The normalized spacial score (nSPS) is 19.0. The molecule has 1 saturated heterocycles. The van der Waals surface area contributed by atoms with Crippen LogP contribution in [0.1, 0.15) is 29.6 Å². The van der Waals surface area contributed by atoms with Gasteiger partial charge in [-0.05, 0) is 24.8 Å². The molecule has 3 heterocycles. The van der Waals surface area contributed by atoms with Gasteiger partial charge in [-0.25, -0.2) is 4.98 Å². The van der Waals surface area contributed by atoms with Crippen LogP contribution in [0.15, 0.2) is 21.9 Å². The third-order valence-electron chi connectivity index (χ3n) is 3.61. The Morgan fingerprint density at radius 2 is 2.43 bits per heavy atom. The minimum atomic E-state index is -0.0687. The first kappa shape index (κ1) is 14.3. The SMILES string of the molecule is CCC1CN(C(=O)c2nc(-c3cccs3)oc2C)CCO1. The van der Waals surface area contributed by atoms with Crippen LogP contribution in [0.25, 0.3) is 10.8 Å². The number of amides is 1. The predicted octanol–water partition coefficient (Wildman–Crippen LogP) is 2.96. The molecule has 112 valence electrons. The summed E-state index contributed by atoms with van der Waals surface area (Å²) >= 11 is 1.55. The highest BCUT2D eigenvalue weighted by molar-refractivity contribution is 7.13. The van der Waals surface area contributed by atoms with Crippen LogP contribution < -0.4 is 0 Å². The standard InChI is InChI=1S/C15H18N2O3S/c1-3-11-9-17(6-7-19-11)15(18)13-10(2)20-14(16-13)12-5-4-8-21-12/h4-5,8,11H,3,6-7,9H2,1-2H3. The van der Waals surface area contributed by atoms with Crippen LogP contribution in [0, 0.1) is 6.92 Å². The van der Waals surface area contributed by atoms with Gasteiger partial charge in [-0.3, -0.25) is 4.79 Å². The zero-order valence-electron chi connectivity index (χ0n) is 12.2. The highest BCUT2D eigenvalue weighted by Gasteiger charge is 2.28. The summed E-state index contributed by atoms with van der Waals surface area (Å²) in [7, 11) is 0. The van der Waals surface area contributed by atoms with E-state index in [0.29, 0.717) is 37.0 Å². The lowest BCUT2D eigenvalue weighted by molar-refractivity contribution is -0.0228. The number of carbonyl (C=O) groups excluding carboxylic acids is 1. The van der Waals surface area contributed by atoms with Gasteiger partial charge in [0.25, 0.3) is 5.91 Å². The highest BCUT2D eigenvalue weighted by atomic mass is 32.1. The van der Waals surface area contributed by atoms with Crippen LogP contribution in [-0.2, 0) is 4.74 Å². The smallest absolute Gasteiger partial charge is 0.276 e.